The Hall–Kier alpha value is -0.870. The van der Waals surface area contributed by atoms with E-state index < -0.39 is 9.84 Å². The first-order valence-corrected chi connectivity index (χ1v) is 7.04. The van der Waals surface area contributed by atoms with Gasteiger partial charge in [0.2, 0.25) is 0 Å². The quantitative estimate of drug-likeness (QED) is 0.873. The second-order valence-electron chi connectivity index (χ2n) is 4.88. The molecule has 0 saturated heterocycles. The molecule has 0 amide bonds. The van der Waals surface area contributed by atoms with E-state index in [-0.39, 0.29) is 12.0 Å². The van der Waals surface area contributed by atoms with Crippen molar-refractivity contribution < 1.29 is 13.5 Å². The Labute approximate surface area is 97.0 Å². The van der Waals surface area contributed by atoms with Crippen LogP contribution in [0.5, 0.6) is 0 Å². The molecule has 1 N–H and O–H groups in total. The summed E-state index contributed by atoms with van der Waals surface area (Å²) in [5, 5.41) is 9.20. The molecule has 0 bridgehead atoms. The van der Waals surface area contributed by atoms with Gasteiger partial charge in [0.1, 0.15) is 0 Å². The molecule has 0 aliphatic carbocycles. The fourth-order valence-corrected chi connectivity index (χ4v) is 2.53. The van der Waals surface area contributed by atoms with Crippen molar-refractivity contribution in [1.82, 2.24) is 0 Å². The minimum absolute atomic E-state index is 0.0328. The van der Waals surface area contributed by atoms with Crippen LogP contribution in [-0.4, -0.2) is 26.4 Å². The molecular weight excluding hydrogens is 224 g/mol. The van der Waals surface area contributed by atoms with Crippen molar-refractivity contribution in [1.29, 1.82) is 0 Å². The van der Waals surface area contributed by atoms with Crippen LogP contribution in [0, 0.1) is 5.41 Å². The van der Waals surface area contributed by atoms with E-state index in [0.717, 1.165) is 5.56 Å². The maximum absolute atomic E-state index is 11.6. The minimum atomic E-state index is -3.20. The van der Waals surface area contributed by atoms with Crippen molar-refractivity contribution in [2.24, 2.45) is 5.41 Å². The molecule has 90 valence electrons. The monoisotopic (exact) mass is 242 g/mol. The average molecular weight is 242 g/mol. The second-order valence-corrected chi connectivity index (χ2v) is 6.86. The Morgan fingerprint density at radius 3 is 2.31 bits per heavy atom. The summed E-state index contributed by atoms with van der Waals surface area (Å²) in [5.41, 5.74) is 0.463. The largest absolute Gasteiger partial charge is 0.396 e. The molecule has 16 heavy (non-hydrogen) atoms. The molecule has 0 aromatic heterocycles. The van der Waals surface area contributed by atoms with E-state index in [4.69, 9.17) is 0 Å². The summed E-state index contributed by atoms with van der Waals surface area (Å²) in [6.45, 7) is 3.85. The lowest BCUT2D eigenvalue weighted by Gasteiger charge is -2.22. The van der Waals surface area contributed by atoms with E-state index in [0.29, 0.717) is 11.3 Å². The van der Waals surface area contributed by atoms with Gasteiger partial charge in [-0.15, -0.1) is 0 Å². The third kappa shape index (κ3) is 3.32. The van der Waals surface area contributed by atoms with Crippen molar-refractivity contribution in [3.63, 3.8) is 0 Å². The molecule has 0 spiro atoms. The van der Waals surface area contributed by atoms with Gasteiger partial charge in [-0.05, 0) is 23.5 Å². The van der Waals surface area contributed by atoms with Gasteiger partial charge in [0.15, 0.2) is 9.84 Å². The molecule has 0 aliphatic rings. The zero-order chi connectivity index (χ0) is 12.4. The molecule has 0 radical (unpaired) electrons. The summed E-state index contributed by atoms with van der Waals surface area (Å²) < 4.78 is 23.1. The number of aliphatic hydroxyl groups is 1. The summed E-state index contributed by atoms with van der Waals surface area (Å²) in [4.78, 5) is 0.358. The number of sulfone groups is 1. The number of hydrogen-bond donors (Lipinski definition) is 1. The zero-order valence-electron chi connectivity index (χ0n) is 9.90. The summed E-state index contributed by atoms with van der Waals surface area (Å²) in [5.74, 6) is 0. The maximum atomic E-state index is 11.6. The van der Waals surface area contributed by atoms with Gasteiger partial charge in [-0.25, -0.2) is 8.42 Å². The summed E-state index contributed by atoms with van der Waals surface area (Å²) >= 11 is 0. The van der Waals surface area contributed by atoms with E-state index >= 15 is 0 Å². The first-order chi connectivity index (χ1) is 7.26. The molecule has 0 unspecified atom stereocenters. The number of rotatable bonds is 4. The molecule has 0 fully saturated rings. The van der Waals surface area contributed by atoms with Crippen LogP contribution in [0.2, 0.25) is 0 Å². The van der Waals surface area contributed by atoms with Gasteiger partial charge < -0.3 is 5.11 Å². The van der Waals surface area contributed by atoms with Gasteiger partial charge in [0.05, 0.1) is 4.90 Å². The molecule has 3 nitrogen and oxygen atoms in total. The zero-order valence-corrected chi connectivity index (χ0v) is 10.7. The SMILES string of the molecule is CC(C)(CO)Cc1ccccc1S(C)(=O)=O. The van der Waals surface area contributed by atoms with Crippen LogP contribution in [0.4, 0.5) is 0 Å². The summed E-state index contributed by atoms with van der Waals surface area (Å²) in [6, 6.07) is 6.94. The predicted molar refractivity (Wildman–Crippen MR) is 64.1 cm³/mol. The van der Waals surface area contributed by atoms with Crippen LogP contribution in [0.3, 0.4) is 0 Å². The molecule has 0 atom stereocenters. The lowest BCUT2D eigenvalue weighted by molar-refractivity contribution is 0.159. The van der Waals surface area contributed by atoms with E-state index in [1.54, 1.807) is 18.2 Å². The van der Waals surface area contributed by atoms with Crippen LogP contribution >= 0.6 is 0 Å². The van der Waals surface area contributed by atoms with Crippen molar-refractivity contribution >= 4 is 9.84 Å². The predicted octanol–water partition coefficient (Wildman–Crippen LogP) is 1.65. The first-order valence-electron chi connectivity index (χ1n) is 5.15. The first kappa shape index (κ1) is 13.2. The highest BCUT2D eigenvalue weighted by atomic mass is 32.2. The van der Waals surface area contributed by atoms with Gasteiger partial charge in [-0.2, -0.15) is 0 Å². The number of aliphatic hydroxyl groups excluding tert-OH is 1. The highest BCUT2D eigenvalue weighted by Gasteiger charge is 2.21. The van der Waals surface area contributed by atoms with Gasteiger partial charge in [0, 0.05) is 12.9 Å². The van der Waals surface area contributed by atoms with Crippen LogP contribution in [0.25, 0.3) is 0 Å². The molecule has 1 aromatic carbocycles. The van der Waals surface area contributed by atoms with E-state index in [2.05, 4.69) is 0 Å². The van der Waals surface area contributed by atoms with Crippen molar-refractivity contribution in [2.45, 2.75) is 25.2 Å². The van der Waals surface area contributed by atoms with E-state index in [1.165, 1.54) is 6.26 Å². The number of hydrogen-bond acceptors (Lipinski definition) is 3. The van der Waals surface area contributed by atoms with Gasteiger partial charge in [-0.1, -0.05) is 32.0 Å². The average Bonchev–Trinajstić information content (AvgIpc) is 2.16. The topological polar surface area (TPSA) is 54.4 Å². The molecular formula is C12H18O3S. The van der Waals surface area contributed by atoms with Crippen LogP contribution in [0.1, 0.15) is 19.4 Å². The molecule has 1 rings (SSSR count). The van der Waals surface area contributed by atoms with Crippen LogP contribution < -0.4 is 0 Å². The summed E-state index contributed by atoms with van der Waals surface area (Å²) in [6.07, 6.45) is 1.75. The van der Waals surface area contributed by atoms with Crippen molar-refractivity contribution in [3.05, 3.63) is 29.8 Å². The highest BCUT2D eigenvalue weighted by Crippen LogP contribution is 2.25. The molecule has 0 saturated carbocycles. The lowest BCUT2D eigenvalue weighted by Crippen LogP contribution is -2.21. The molecule has 4 heteroatoms. The van der Waals surface area contributed by atoms with E-state index in [1.807, 2.05) is 19.9 Å². The Balaban J connectivity index is 3.16. The van der Waals surface area contributed by atoms with Crippen molar-refractivity contribution in [3.8, 4) is 0 Å². The summed E-state index contributed by atoms with van der Waals surface area (Å²) in [7, 11) is -3.20. The number of benzene rings is 1. The van der Waals surface area contributed by atoms with Gasteiger partial charge in [0.25, 0.3) is 0 Å². The third-order valence-corrected chi connectivity index (χ3v) is 3.67. The normalized spacial score (nSPS) is 12.8. The fraction of sp³-hybridized carbons (Fsp3) is 0.500. The Kier molecular flexibility index (Phi) is 3.76. The molecule has 0 aliphatic heterocycles. The smallest absolute Gasteiger partial charge is 0.175 e. The Bertz CT molecular complexity index is 461. The van der Waals surface area contributed by atoms with Crippen LogP contribution in [-0.2, 0) is 16.3 Å². The second kappa shape index (κ2) is 4.55. The lowest BCUT2D eigenvalue weighted by atomic mass is 9.87. The van der Waals surface area contributed by atoms with Crippen LogP contribution in [0.15, 0.2) is 29.2 Å². The fourth-order valence-electron chi connectivity index (χ4n) is 1.58. The molecule has 0 heterocycles. The standard InChI is InChI=1S/C12H18O3S/c1-12(2,9-13)8-10-6-4-5-7-11(10)16(3,14)15/h4-7,13H,8-9H2,1-3H3. The van der Waals surface area contributed by atoms with Gasteiger partial charge in [-0.3, -0.25) is 0 Å². The third-order valence-electron chi connectivity index (χ3n) is 2.47. The Morgan fingerprint density at radius 2 is 1.81 bits per heavy atom. The minimum Gasteiger partial charge on any atom is -0.396 e. The maximum Gasteiger partial charge on any atom is 0.175 e. The molecule has 1 aromatic rings. The van der Waals surface area contributed by atoms with Gasteiger partial charge >= 0.3 is 0 Å². The van der Waals surface area contributed by atoms with Crippen molar-refractivity contribution in [2.75, 3.05) is 12.9 Å². The Morgan fingerprint density at radius 1 is 1.25 bits per heavy atom. The highest BCUT2D eigenvalue weighted by molar-refractivity contribution is 7.90. The van der Waals surface area contributed by atoms with E-state index in [9.17, 15) is 13.5 Å².